The van der Waals surface area contributed by atoms with Crippen LogP contribution in [-0.2, 0) is 28.6 Å². The van der Waals surface area contributed by atoms with Crippen molar-refractivity contribution in [3.63, 3.8) is 0 Å². The molecule has 0 bridgehead atoms. The lowest BCUT2D eigenvalue weighted by molar-refractivity contribution is -0.263. The molecule has 5 atom stereocenters. The summed E-state index contributed by atoms with van der Waals surface area (Å²) >= 11 is 0. The molecule has 120 valence electrons. The molecule has 1 heterocycles. The van der Waals surface area contributed by atoms with Gasteiger partial charge in [-0.05, 0) is 0 Å². The lowest BCUT2D eigenvalue weighted by Gasteiger charge is -2.43. The van der Waals surface area contributed by atoms with E-state index in [1.165, 1.54) is 6.92 Å². The molecule has 9 heteroatoms. The fraction of sp³-hybridized carbons (Fsp3) is 0.750. The third kappa shape index (κ3) is 4.66. The lowest BCUT2D eigenvalue weighted by Crippen LogP contribution is -2.65. The smallest absolute Gasteiger partial charge is 0.303 e. The van der Waals surface area contributed by atoms with Gasteiger partial charge in [0.15, 0.2) is 18.5 Å². The Morgan fingerprint density at radius 2 is 1.62 bits per heavy atom. The molecule has 1 aliphatic heterocycles. The van der Waals surface area contributed by atoms with Crippen molar-refractivity contribution >= 4 is 17.8 Å². The average Bonchev–Trinajstić information content (AvgIpc) is 2.35. The highest BCUT2D eigenvalue weighted by Gasteiger charge is 2.49. The van der Waals surface area contributed by atoms with Crippen LogP contribution >= 0.6 is 0 Å². The SMILES string of the molecule is CC(=O)N[C@H]1C(O)O[C@H](CO)[C@H](OC(C)=O)[C@@H]1OC(C)=O. The number of ether oxygens (including phenoxy) is 3. The van der Waals surface area contributed by atoms with E-state index in [4.69, 9.17) is 14.2 Å². The van der Waals surface area contributed by atoms with Gasteiger partial charge in [0, 0.05) is 20.8 Å². The minimum atomic E-state index is -1.53. The van der Waals surface area contributed by atoms with Gasteiger partial charge in [0.25, 0.3) is 0 Å². The first-order chi connectivity index (χ1) is 9.76. The molecule has 0 aliphatic carbocycles. The van der Waals surface area contributed by atoms with Gasteiger partial charge in [-0.15, -0.1) is 0 Å². The van der Waals surface area contributed by atoms with E-state index in [9.17, 15) is 24.6 Å². The van der Waals surface area contributed by atoms with Crippen molar-refractivity contribution in [2.45, 2.75) is 51.4 Å². The van der Waals surface area contributed by atoms with Crippen LogP contribution in [0, 0.1) is 0 Å². The third-order valence-electron chi connectivity index (χ3n) is 2.82. The van der Waals surface area contributed by atoms with Crippen LogP contribution < -0.4 is 5.32 Å². The molecule has 1 amide bonds. The first-order valence-corrected chi connectivity index (χ1v) is 6.32. The van der Waals surface area contributed by atoms with Crippen LogP contribution in [-0.4, -0.2) is 65.3 Å². The van der Waals surface area contributed by atoms with Crippen molar-refractivity contribution in [1.82, 2.24) is 5.32 Å². The van der Waals surface area contributed by atoms with Gasteiger partial charge in [0.2, 0.25) is 5.91 Å². The second-order valence-electron chi connectivity index (χ2n) is 4.62. The Balaban J connectivity index is 3.08. The summed E-state index contributed by atoms with van der Waals surface area (Å²) < 4.78 is 15.1. The van der Waals surface area contributed by atoms with Gasteiger partial charge in [0.1, 0.15) is 12.1 Å². The van der Waals surface area contributed by atoms with Crippen molar-refractivity contribution in [2.75, 3.05) is 6.61 Å². The number of rotatable bonds is 4. The first kappa shape index (κ1) is 17.3. The van der Waals surface area contributed by atoms with Crippen molar-refractivity contribution in [3.8, 4) is 0 Å². The van der Waals surface area contributed by atoms with Gasteiger partial charge in [-0.1, -0.05) is 0 Å². The number of aliphatic hydroxyl groups is 2. The summed E-state index contributed by atoms with van der Waals surface area (Å²) in [5.74, 6) is -1.88. The number of hydrogen-bond donors (Lipinski definition) is 3. The topological polar surface area (TPSA) is 131 Å². The molecule has 0 spiro atoms. The number of esters is 2. The van der Waals surface area contributed by atoms with Gasteiger partial charge in [-0.2, -0.15) is 0 Å². The van der Waals surface area contributed by atoms with Crippen molar-refractivity contribution < 1.29 is 38.8 Å². The van der Waals surface area contributed by atoms with Crippen LogP contribution in [0.15, 0.2) is 0 Å². The Hall–Kier alpha value is -1.71. The van der Waals surface area contributed by atoms with Crippen molar-refractivity contribution in [1.29, 1.82) is 0 Å². The molecular weight excluding hydrogens is 286 g/mol. The van der Waals surface area contributed by atoms with Crippen LogP contribution in [0.4, 0.5) is 0 Å². The van der Waals surface area contributed by atoms with Gasteiger partial charge in [-0.3, -0.25) is 14.4 Å². The highest BCUT2D eigenvalue weighted by atomic mass is 16.7. The minimum Gasteiger partial charge on any atom is -0.456 e. The maximum atomic E-state index is 11.2. The highest BCUT2D eigenvalue weighted by Crippen LogP contribution is 2.25. The number of aliphatic hydroxyl groups excluding tert-OH is 2. The molecular formula is C12H19NO8. The Morgan fingerprint density at radius 3 is 2.05 bits per heavy atom. The predicted molar refractivity (Wildman–Crippen MR) is 66.7 cm³/mol. The molecule has 9 nitrogen and oxygen atoms in total. The van der Waals surface area contributed by atoms with Crippen molar-refractivity contribution in [3.05, 3.63) is 0 Å². The number of nitrogens with one attached hydrogen (secondary N) is 1. The van der Waals surface area contributed by atoms with E-state index in [2.05, 4.69) is 5.32 Å². The zero-order chi connectivity index (χ0) is 16.2. The molecule has 1 unspecified atom stereocenters. The highest BCUT2D eigenvalue weighted by molar-refractivity contribution is 5.73. The second-order valence-corrected chi connectivity index (χ2v) is 4.62. The fourth-order valence-corrected chi connectivity index (χ4v) is 2.12. The largest absolute Gasteiger partial charge is 0.456 e. The average molecular weight is 305 g/mol. The number of carbonyl (C=O) groups excluding carboxylic acids is 3. The molecule has 21 heavy (non-hydrogen) atoms. The molecule has 1 rings (SSSR count). The monoisotopic (exact) mass is 305 g/mol. The summed E-state index contributed by atoms with van der Waals surface area (Å²) in [7, 11) is 0. The fourth-order valence-electron chi connectivity index (χ4n) is 2.12. The Labute approximate surface area is 121 Å². The summed E-state index contributed by atoms with van der Waals surface area (Å²) in [6.07, 6.45) is -4.95. The summed E-state index contributed by atoms with van der Waals surface area (Å²) in [6.45, 7) is 2.90. The van der Waals surface area contributed by atoms with E-state index < -0.39 is 55.1 Å². The molecule has 1 fully saturated rings. The summed E-state index contributed by atoms with van der Waals surface area (Å²) in [6, 6.07) is -1.13. The van der Waals surface area contributed by atoms with E-state index in [0.29, 0.717) is 0 Å². The zero-order valence-corrected chi connectivity index (χ0v) is 11.9. The Morgan fingerprint density at radius 1 is 1.10 bits per heavy atom. The van der Waals surface area contributed by atoms with Crippen LogP contribution in [0.5, 0.6) is 0 Å². The Kier molecular flexibility index (Phi) is 6.06. The first-order valence-electron chi connectivity index (χ1n) is 6.32. The van der Waals surface area contributed by atoms with Crippen LogP contribution in [0.25, 0.3) is 0 Å². The molecule has 0 saturated carbocycles. The minimum absolute atomic E-state index is 0.496. The van der Waals surface area contributed by atoms with Crippen molar-refractivity contribution in [2.24, 2.45) is 0 Å². The second kappa shape index (κ2) is 7.34. The van der Waals surface area contributed by atoms with Crippen LogP contribution in [0.2, 0.25) is 0 Å². The van der Waals surface area contributed by atoms with E-state index in [0.717, 1.165) is 13.8 Å². The summed E-state index contributed by atoms with van der Waals surface area (Å²) in [5, 5.41) is 21.5. The Bertz CT molecular complexity index is 412. The normalized spacial score (nSPS) is 32.1. The zero-order valence-electron chi connectivity index (χ0n) is 11.9. The molecule has 0 radical (unpaired) electrons. The van der Waals surface area contributed by atoms with Gasteiger partial charge in [0.05, 0.1) is 6.61 Å². The van der Waals surface area contributed by atoms with E-state index in [-0.39, 0.29) is 0 Å². The quantitative estimate of drug-likeness (QED) is 0.511. The number of hydrogen-bond acceptors (Lipinski definition) is 8. The third-order valence-corrected chi connectivity index (χ3v) is 2.82. The van der Waals surface area contributed by atoms with E-state index in [1.807, 2.05) is 0 Å². The van der Waals surface area contributed by atoms with Gasteiger partial charge < -0.3 is 29.7 Å². The molecule has 1 saturated heterocycles. The molecule has 1 aliphatic rings. The number of carbonyl (C=O) groups is 3. The molecule has 3 N–H and O–H groups in total. The lowest BCUT2D eigenvalue weighted by atomic mass is 9.96. The summed E-state index contributed by atoms with van der Waals surface area (Å²) in [4.78, 5) is 33.6. The number of amides is 1. The van der Waals surface area contributed by atoms with Crippen LogP contribution in [0.3, 0.4) is 0 Å². The molecule has 0 aromatic carbocycles. The van der Waals surface area contributed by atoms with E-state index in [1.54, 1.807) is 0 Å². The maximum absolute atomic E-state index is 11.2. The molecule has 0 aromatic heterocycles. The summed E-state index contributed by atoms with van der Waals surface area (Å²) in [5.41, 5.74) is 0. The predicted octanol–water partition coefficient (Wildman–Crippen LogP) is -1.94. The van der Waals surface area contributed by atoms with Gasteiger partial charge >= 0.3 is 11.9 Å². The standard InChI is InChI=1S/C12H19NO8/c1-5(15)13-9-11(20-7(3)17)10(19-6(2)16)8(4-14)21-12(9)18/h8-12,14,18H,4H2,1-3H3,(H,13,15)/t8-,9-,10+,11-,12?/m1/s1. The van der Waals surface area contributed by atoms with Gasteiger partial charge in [-0.25, -0.2) is 0 Å². The van der Waals surface area contributed by atoms with Crippen LogP contribution in [0.1, 0.15) is 20.8 Å². The maximum Gasteiger partial charge on any atom is 0.303 e. The molecule has 0 aromatic rings. The van der Waals surface area contributed by atoms with E-state index >= 15 is 0 Å².